The molecule has 0 aliphatic carbocycles. The highest BCUT2D eigenvalue weighted by atomic mass is 127. The fourth-order valence-electron chi connectivity index (χ4n) is 3.10. The van der Waals surface area contributed by atoms with E-state index < -0.39 is 10.0 Å². The average molecular weight is 547 g/mol. The summed E-state index contributed by atoms with van der Waals surface area (Å²) in [5, 5.41) is 0. The molecule has 1 heterocycles. The van der Waals surface area contributed by atoms with Gasteiger partial charge in [-0.15, -0.1) is 24.0 Å². The zero-order chi connectivity index (χ0) is 21.0. The lowest BCUT2D eigenvalue weighted by molar-refractivity contribution is 0.380. The first-order valence-corrected chi connectivity index (χ1v) is 10.8. The van der Waals surface area contributed by atoms with Crippen LogP contribution < -0.4 is 10.6 Å². The summed E-state index contributed by atoms with van der Waals surface area (Å²) in [6.45, 7) is 3.39. The minimum absolute atomic E-state index is 0. The van der Waals surface area contributed by atoms with Gasteiger partial charge in [0.2, 0.25) is 10.0 Å². The molecule has 10 heteroatoms. The van der Waals surface area contributed by atoms with Crippen LogP contribution in [0.5, 0.6) is 0 Å². The summed E-state index contributed by atoms with van der Waals surface area (Å²) in [5.74, 6) is 0.227. The SMILES string of the molecule is CN(C)S(=O)(=O)c1ccc(CN=C(N)N2CCN(c3ccc(F)cc3)CC2)cc1.I. The van der Waals surface area contributed by atoms with Crippen molar-refractivity contribution in [1.29, 1.82) is 0 Å². The normalized spacial score (nSPS) is 15.3. The molecule has 7 nitrogen and oxygen atoms in total. The zero-order valence-corrected chi connectivity index (χ0v) is 20.2. The van der Waals surface area contributed by atoms with Gasteiger partial charge in [0.05, 0.1) is 11.4 Å². The third-order valence-corrected chi connectivity index (χ3v) is 6.75. The van der Waals surface area contributed by atoms with Gasteiger partial charge in [-0.05, 0) is 42.0 Å². The molecule has 0 radical (unpaired) electrons. The molecule has 2 N–H and O–H groups in total. The van der Waals surface area contributed by atoms with E-state index in [4.69, 9.17) is 5.73 Å². The number of rotatable bonds is 5. The Labute approximate surface area is 194 Å². The van der Waals surface area contributed by atoms with Crippen LogP contribution in [0.15, 0.2) is 58.4 Å². The first-order valence-electron chi connectivity index (χ1n) is 9.34. The summed E-state index contributed by atoms with van der Waals surface area (Å²) < 4.78 is 38.5. The quantitative estimate of drug-likeness (QED) is 0.353. The van der Waals surface area contributed by atoms with Crippen molar-refractivity contribution < 1.29 is 12.8 Å². The average Bonchev–Trinajstić information content (AvgIpc) is 2.73. The van der Waals surface area contributed by atoms with Crippen LogP contribution in [-0.2, 0) is 16.6 Å². The Balaban J connectivity index is 0.00000320. The van der Waals surface area contributed by atoms with Crippen molar-refractivity contribution in [3.8, 4) is 0 Å². The van der Waals surface area contributed by atoms with Gasteiger partial charge in [-0.2, -0.15) is 0 Å². The molecule has 1 aliphatic rings. The Bertz CT molecular complexity index is 958. The third kappa shape index (κ3) is 5.82. The molecule has 1 fully saturated rings. The number of nitrogens with zero attached hydrogens (tertiary/aromatic N) is 4. The second-order valence-electron chi connectivity index (χ2n) is 7.06. The highest BCUT2D eigenvalue weighted by Gasteiger charge is 2.19. The molecule has 2 aromatic carbocycles. The molecule has 0 saturated carbocycles. The van der Waals surface area contributed by atoms with Gasteiger partial charge in [-0.1, -0.05) is 12.1 Å². The summed E-state index contributed by atoms with van der Waals surface area (Å²) in [6.07, 6.45) is 0. The van der Waals surface area contributed by atoms with Crippen molar-refractivity contribution in [2.75, 3.05) is 45.2 Å². The summed E-state index contributed by atoms with van der Waals surface area (Å²) in [4.78, 5) is 8.90. The van der Waals surface area contributed by atoms with Gasteiger partial charge in [0.25, 0.3) is 0 Å². The maximum atomic E-state index is 13.1. The van der Waals surface area contributed by atoms with Gasteiger partial charge in [-0.3, -0.25) is 0 Å². The highest BCUT2D eigenvalue weighted by molar-refractivity contribution is 14.0. The van der Waals surface area contributed by atoms with Gasteiger partial charge in [-0.25, -0.2) is 22.1 Å². The maximum Gasteiger partial charge on any atom is 0.242 e. The van der Waals surface area contributed by atoms with Gasteiger partial charge >= 0.3 is 0 Å². The number of hydrogen-bond acceptors (Lipinski definition) is 4. The van der Waals surface area contributed by atoms with Crippen LogP contribution >= 0.6 is 24.0 Å². The molecule has 1 saturated heterocycles. The third-order valence-electron chi connectivity index (χ3n) is 4.92. The Morgan fingerprint density at radius 3 is 2.13 bits per heavy atom. The molecule has 164 valence electrons. The second-order valence-corrected chi connectivity index (χ2v) is 9.21. The Morgan fingerprint density at radius 2 is 1.60 bits per heavy atom. The summed E-state index contributed by atoms with van der Waals surface area (Å²) in [5.41, 5.74) is 8.02. The lowest BCUT2D eigenvalue weighted by atomic mass is 10.2. The van der Waals surface area contributed by atoms with E-state index in [0.29, 0.717) is 12.5 Å². The van der Waals surface area contributed by atoms with Gasteiger partial charge in [0, 0.05) is 46.0 Å². The molecule has 0 bridgehead atoms. The fourth-order valence-corrected chi connectivity index (χ4v) is 4.00. The lowest BCUT2D eigenvalue weighted by Gasteiger charge is -2.36. The maximum absolute atomic E-state index is 13.1. The van der Waals surface area contributed by atoms with Crippen molar-refractivity contribution in [2.45, 2.75) is 11.4 Å². The first-order chi connectivity index (χ1) is 13.8. The van der Waals surface area contributed by atoms with Crippen molar-refractivity contribution in [1.82, 2.24) is 9.21 Å². The monoisotopic (exact) mass is 547 g/mol. The van der Waals surface area contributed by atoms with Crippen LogP contribution in [0.4, 0.5) is 10.1 Å². The van der Waals surface area contributed by atoms with Gasteiger partial charge in [0.15, 0.2) is 5.96 Å². The molecule has 0 atom stereocenters. The number of guanidine groups is 1. The van der Waals surface area contributed by atoms with Crippen molar-refractivity contribution in [3.63, 3.8) is 0 Å². The van der Waals surface area contributed by atoms with Crippen molar-refractivity contribution in [2.24, 2.45) is 10.7 Å². The molecule has 0 unspecified atom stereocenters. The first kappa shape index (κ1) is 24.4. The van der Waals surface area contributed by atoms with Gasteiger partial charge in [0.1, 0.15) is 5.82 Å². The number of sulfonamides is 1. The van der Waals surface area contributed by atoms with E-state index in [1.54, 1.807) is 36.4 Å². The molecule has 0 spiro atoms. The van der Waals surface area contributed by atoms with E-state index in [-0.39, 0.29) is 34.7 Å². The number of anilines is 1. The zero-order valence-electron chi connectivity index (χ0n) is 17.0. The summed E-state index contributed by atoms with van der Waals surface area (Å²) >= 11 is 0. The second kappa shape index (κ2) is 10.4. The van der Waals surface area contributed by atoms with E-state index in [2.05, 4.69) is 9.89 Å². The van der Waals surface area contributed by atoms with Crippen LogP contribution in [0.3, 0.4) is 0 Å². The minimum atomic E-state index is -3.43. The molecule has 2 aromatic rings. The largest absolute Gasteiger partial charge is 0.370 e. The minimum Gasteiger partial charge on any atom is -0.370 e. The standard InChI is InChI=1S/C20H26FN5O2S.HI/c1-24(2)29(27,28)19-9-3-16(4-10-19)15-23-20(22)26-13-11-25(12-14-26)18-7-5-17(21)6-8-18;/h3-10H,11-15H2,1-2H3,(H2,22,23);1H. The molecule has 0 amide bonds. The van der Waals surface area contributed by atoms with Crippen molar-refractivity contribution >= 4 is 45.6 Å². The smallest absolute Gasteiger partial charge is 0.242 e. The van der Waals surface area contributed by atoms with E-state index in [0.717, 1.165) is 37.4 Å². The van der Waals surface area contributed by atoms with E-state index in [1.165, 1.54) is 30.5 Å². The Morgan fingerprint density at radius 1 is 1.03 bits per heavy atom. The number of benzene rings is 2. The summed E-state index contributed by atoms with van der Waals surface area (Å²) in [7, 11) is -0.425. The van der Waals surface area contributed by atoms with Crippen LogP contribution in [0, 0.1) is 5.82 Å². The van der Waals surface area contributed by atoms with Crippen LogP contribution in [0.25, 0.3) is 0 Å². The Hall–Kier alpha value is -1.92. The summed E-state index contributed by atoms with van der Waals surface area (Å²) in [6, 6.07) is 13.2. The van der Waals surface area contributed by atoms with E-state index >= 15 is 0 Å². The van der Waals surface area contributed by atoms with E-state index in [9.17, 15) is 12.8 Å². The van der Waals surface area contributed by atoms with Crippen LogP contribution in [0.1, 0.15) is 5.56 Å². The van der Waals surface area contributed by atoms with Crippen LogP contribution in [0.2, 0.25) is 0 Å². The van der Waals surface area contributed by atoms with Gasteiger partial charge < -0.3 is 15.5 Å². The number of nitrogens with two attached hydrogens (primary N) is 1. The highest BCUT2D eigenvalue weighted by Crippen LogP contribution is 2.17. The predicted octanol–water partition coefficient (Wildman–Crippen LogP) is 2.33. The number of hydrogen-bond donors (Lipinski definition) is 1. The fraction of sp³-hybridized carbons (Fsp3) is 0.350. The number of halogens is 2. The molecular formula is C20H27FIN5O2S. The molecule has 1 aliphatic heterocycles. The predicted molar refractivity (Wildman–Crippen MR) is 128 cm³/mol. The topological polar surface area (TPSA) is 82.2 Å². The molecule has 0 aromatic heterocycles. The lowest BCUT2D eigenvalue weighted by Crippen LogP contribution is -2.51. The van der Waals surface area contributed by atoms with Crippen molar-refractivity contribution in [3.05, 3.63) is 59.9 Å². The number of aliphatic imine (C=N–C) groups is 1. The van der Waals surface area contributed by atoms with Crippen LogP contribution in [-0.4, -0.2) is 63.9 Å². The Kier molecular flexibility index (Phi) is 8.44. The molecule has 3 rings (SSSR count). The molecule has 30 heavy (non-hydrogen) atoms. The molecular weight excluding hydrogens is 520 g/mol. The number of piperazine rings is 1. The van der Waals surface area contributed by atoms with E-state index in [1.807, 2.05) is 4.90 Å².